The van der Waals surface area contributed by atoms with Gasteiger partial charge < -0.3 is 15.3 Å². The van der Waals surface area contributed by atoms with Crippen molar-refractivity contribution in [3.8, 4) is 5.75 Å². The third-order valence-electron chi connectivity index (χ3n) is 4.86. The second-order valence-electron chi connectivity index (χ2n) is 6.40. The van der Waals surface area contributed by atoms with E-state index in [0.29, 0.717) is 13.0 Å². The molecule has 0 bridgehead atoms. The molecule has 0 aliphatic carbocycles. The van der Waals surface area contributed by atoms with Crippen LogP contribution in [0.25, 0.3) is 0 Å². The van der Waals surface area contributed by atoms with E-state index in [2.05, 4.69) is 4.90 Å². The van der Waals surface area contributed by atoms with Crippen LogP contribution in [0.15, 0.2) is 54.6 Å². The Morgan fingerprint density at radius 2 is 1.70 bits per heavy atom. The summed E-state index contributed by atoms with van der Waals surface area (Å²) < 4.78 is 0. The molecule has 122 valence electrons. The summed E-state index contributed by atoms with van der Waals surface area (Å²) in [6, 6.07) is 16.2. The number of phenols is 1. The molecule has 4 nitrogen and oxygen atoms in total. The summed E-state index contributed by atoms with van der Waals surface area (Å²) in [4.78, 5) is 2.12. The lowest BCUT2D eigenvalue weighted by Crippen LogP contribution is -2.39. The Morgan fingerprint density at radius 3 is 2.35 bits per heavy atom. The number of phenolic OH excluding ortho intramolecular Hbond substituents is 1. The van der Waals surface area contributed by atoms with Gasteiger partial charge in [-0.3, -0.25) is 4.90 Å². The SMILES string of the molecule is C[C@H]([C@H](O)c1ccc(O)cc1)N1CCC(O)(c2ccccc2)C1. The van der Waals surface area contributed by atoms with E-state index in [-0.39, 0.29) is 11.8 Å². The molecule has 0 radical (unpaired) electrons. The number of likely N-dealkylation sites (tertiary alicyclic amines) is 1. The summed E-state index contributed by atoms with van der Waals surface area (Å²) in [5, 5.41) is 30.8. The van der Waals surface area contributed by atoms with E-state index in [1.807, 2.05) is 37.3 Å². The van der Waals surface area contributed by atoms with Crippen molar-refractivity contribution in [3.63, 3.8) is 0 Å². The van der Waals surface area contributed by atoms with Gasteiger partial charge in [-0.05, 0) is 36.6 Å². The van der Waals surface area contributed by atoms with Gasteiger partial charge in [0.2, 0.25) is 0 Å². The quantitative estimate of drug-likeness (QED) is 0.811. The van der Waals surface area contributed by atoms with Crippen molar-refractivity contribution in [1.29, 1.82) is 0 Å². The van der Waals surface area contributed by atoms with Crippen LogP contribution in [-0.4, -0.2) is 39.4 Å². The number of aliphatic hydroxyl groups is 2. The predicted octanol–water partition coefficient (Wildman–Crippen LogP) is 2.41. The molecule has 2 aromatic rings. The van der Waals surface area contributed by atoms with Gasteiger partial charge in [-0.1, -0.05) is 42.5 Å². The van der Waals surface area contributed by atoms with E-state index in [0.717, 1.165) is 17.7 Å². The molecule has 2 aromatic carbocycles. The van der Waals surface area contributed by atoms with Gasteiger partial charge in [0.05, 0.1) is 6.10 Å². The predicted molar refractivity (Wildman–Crippen MR) is 89.1 cm³/mol. The molecule has 0 aromatic heterocycles. The van der Waals surface area contributed by atoms with Gasteiger partial charge >= 0.3 is 0 Å². The number of benzene rings is 2. The summed E-state index contributed by atoms with van der Waals surface area (Å²) in [5.74, 6) is 0.188. The Hall–Kier alpha value is -1.88. The number of β-amino-alcohol motifs (C(OH)–C–C–N with tert-alkyl or cyclic N) is 1. The van der Waals surface area contributed by atoms with Crippen LogP contribution in [0.5, 0.6) is 5.75 Å². The van der Waals surface area contributed by atoms with Crippen molar-refractivity contribution in [3.05, 3.63) is 65.7 Å². The molecule has 3 N–H and O–H groups in total. The standard InChI is InChI=1S/C19H23NO3/c1-14(18(22)15-7-9-17(21)10-8-15)20-12-11-19(23,13-20)16-5-3-2-4-6-16/h2-10,14,18,21-23H,11-13H2,1H3/t14-,18+,19?/m1/s1. The lowest BCUT2D eigenvalue weighted by atomic mass is 9.93. The normalized spacial score (nSPS) is 24.5. The summed E-state index contributed by atoms with van der Waals surface area (Å²) >= 11 is 0. The van der Waals surface area contributed by atoms with Crippen molar-refractivity contribution in [2.75, 3.05) is 13.1 Å². The highest BCUT2D eigenvalue weighted by molar-refractivity contribution is 5.28. The van der Waals surface area contributed by atoms with Crippen LogP contribution in [0, 0.1) is 0 Å². The molecular formula is C19H23NO3. The maximum Gasteiger partial charge on any atom is 0.115 e. The molecule has 1 saturated heterocycles. The summed E-state index contributed by atoms with van der Waals surface area (Å²) in [7, 11) is 0. The van der Waals surface area contributed by atoms with Crippen molar-refractivity contribution in [2.45, 2.75) is 31.1 Å². The number of aromatic hydroxyl groups is 1. The smallest absolute Gasteiger partial charge is 0.115 e. The van der Waals surface area contributed by atoms with E-state index < -0.39 is 11.7 Å². The van der Waals surface area contributed by atoms with Gasteiger partial charge in [-0.15, -0.1) is 0 Å². The van der Waals surface area contributed by atoms with Crippen molar-refractivity contribution < 1.29 is 15.3 Å². The summed E-state index contributed by atoms with van der Waals surface area (Å²) in [6.07, 6.45) is -0.00219. The first-order valence-electron chi connectivity index (χ1n) is 7.98. The number of hydrogen-bond donors (Lipinski definition) is 3. The van der Waals surface area contributed by atoms with Crippen LogP contribution in [0.3, 0.4) is 0 Å². The second-order valence-corrected chi connectivity index (χ2v) is 6.40. The molecule has 1 fully saturated rings. The van der Waals surface area contributed by atoms with Crippen molar-refractivity contribution in [1.82, 2.24) is 4.90 Å². The zero-order chi connectivity index (χ0) is 16.4. The van der Waals surface area contributed by atoms with Gasteiger partial charge in [0, 0.05) is 19.1 Å². The maximum atomic E-state index is 10.9. The Labute approximate surface area is 136 Å². The lowest BCUT2D eigenvalue weighted by molar-refractivity contribution is 0.0212. The lowest BCUT2D eigenvalue weighted by Gasteiger charge is -2.30. The Morgan fingerprint density at radius 1 is 1.04 bits per heavy atom. The van der Waals surface area contributed by atoms with Crippen LogP contribution in [0.2, 0.25) is 0 Å². The topological polar surface area (TPSA) is 63.9 Å². The Kier molecular flexibility index (Phi) is 4.39. The number of nitrogens with zero attached hydrogens (tertiary/aromatic N) is 1. The highest BCUT2D eigenvalue weighted by atomic mass is 16.3. The highest BCUT2D eigenvalue weighted by Crippen LogP contribution is 2.35. The molecule has 0 saturated carbocycles. The molecule has 23 heavy (non-hydrogen) atoms. The van der Waals surface area contributed by atoms with Gasteiger partial charge in [-0.25, -0.2) is 0 Å². The van der Waals surface area contributed by atoms with Gasteiger partial charge in [0.25, 0.3) is 0 Å². The van der Waals surface area contributed by atoms with Crippen LogP contribution in [-0.2, 0) is 5.60 Å². The van der Waals surface area contributed by atoms with Gasteiger partial charge in [0.15, 0.2) is 0 Å². The average molecular weight is 313 g/mol. The molecule has 1 heterocycles. The number of rotatable bonds is 4. The van der Waals surface area contributed by atoms with Crippen molar-refractivity contribution in [2.24, 2.45) is 0 Å². The Balaban J connectivity index is 1.72. The van der Waals surface area contributed by atoms with E-state index in [4.69, 9.17) is 0 Å². The summed E-state index contributed by atoms with van der Waals surface area (Å²) in [6.45, 7) is 3.21. The minimum atomic E-state index is -0.857. The minimum absolute atomic E-state index is 0.114. The van der Waals surface area contributed by atoms with E-state index in [1.165, 1.54) is 0 Å². The van der Waals surface area contributed by atoms with Crippen LogP contribution in [0.1, 0.15) is 30.6 Å². The van der Waals surface area contributed by atoms with Gasteiger partial charge in [-0.2, -0.15) is 0 Å². The fraction of sp³-hybridized carbons (Fsp3) is 0.368. The first-order chi connectivity index (χ1) is 11.0. The molecule has 1 unspecified atom stereocenters. The first kappa shape index (κ1) is 16.0. The monoisotopic (exact) mass is 313 g/mol. The molecule has 1 aliphatic heterocycles. The number of hydrogen-bond acceptors (Lipinski definition) is 4. The van der Waals surface area contributed by atoms with E-state index in [1.54, 1.807) is 24.3 Å². The van der Waals surface area contributed by atoms with E-state index >= 15 is 0 Å². The fourth-order valence-electron chi connectivity index (χ4n) is 3.30. The molecule has 0 spiro atoms. The third-order valence-corrected chi connectivity index (χ3v) is 4.86. The maximum absolute atomic E-state index is 10.9. The largest absolute Gasteiger partial charge is 0.508 e. The molecule has 3 atom stereocenters. The van der Waals surface area contributed by atoms with Crippen LogP contribution in [0.4, 0.5) is 0 Å². The van der Waals surface area contributed by atoms with Crippen LogP contribution < -0.4 is 0 Å². The fourth-order valence-corrected chi connectivity index (χ4v) is 3.30. The highest BCUT2D eigenvalue weighted by Gasteiger charge is 2.40. The minimum Gasteiger partial charge on any atom is -0.508 e. The first-order valence-corrected chi connectivity index (χ1v) is 7.98. The third kappa shape index (κ3) is 3.24. The molecule has 1 aliphatic rings. The summed E-state index contributed by atoms with van der Waals surface area (Å²) in [5.41, 5.74) is 0.837. The van der Waals surface area contributed by atoms with Crippen LogP contribution >= 0.6 is 0 Å². The molecular weight excluding hydrogens is 290 g/mol. The zero-order valence-electron chi connectivity index (χ0n) is 13.3. The molecule has 3 rings (SSSR count). The van der Waals surface area contributed by atoms with Gasteiger partial charge in [0.1, 0.15) is 11.4 Å². The zero-order valence-corrected chi connectivity index (χ0v) is 13.3. The average Bonchev–Trinajstić information content (AvgIpc) is 2.99. The Bertz CT molecular complexity index is 643. The number of aliphatic hydroxyl groups excluding tert-OH is 1. The molecule has 4 heteroatoms. The second kappa shape index (κ2) is 6.32. The molecule has 0 amide bonds. The van der Waals surface area contributed by atoms with Crippen molar-refractivity contribution >= 4 is 0 Å². The van der Waals surface area contributed by atoms with E-state index in [9.17, 15) is 15.3 Å².